The van der Waals surface area contributed by atoms with Crippen LogP contribution < -0.4 is 21.5 Å². The Kier molecular flexibility index (Phi) is 5.01. The fourth-order valence-electron chi connectivity index (χ4n) is 1.32. The number of hydrogen-bond donors (Lipinski definition) is 0. The number of pyridine rings is 1. The van der Waals surface area contributed by atoms with E-state index in [4.69, 9.17) is 5.26 Å². The Labute approximate surface area is 114 Å². The second-order valence-corrected chi connectivity index (χ2v) is 4.22. The summed E-state index contributed by atoms with van der Waals surface area (Å²) in [4.78, 5) is 12.5. The van der Waals surface area contributed by atoms with Gasteiger partial charge in [0, 0.05) is 12.1 Å². The van der Waals surface area contributed by atoms with Crippen molar-refractivity contribution in [2.24, 2.45) is 0 Å². The lowest BCUT2D eigenvalue weighted by molar-refractivity contribution is -0.683. The molecule has 2 aromatic rings. The van der Waals surface area contributed by atoms with Gasteiger partial charge in [0.15, 0.2) is 12.4 Å². The van der Waals surface area contributed by atoms with Gasteiger partial charge in [-0.15, -0.1) is 11.3 Å². The fraction of sp³-hybridized carbons (Fsp3) is 0.0833. The van der Waals surface area contributed by atoms with Crippen molar-refractivity contribution in [3.8, 4) is 6.07 Å². The van der Waals surface area contributed by atoms with Crippen LogP contribution in [0.3, 0.4) is 0 Å². The van der Waals surface area contributed by atoms with Gasteiger partial charge in [-0.3, -0.25) is 4.79 Å². The molecule has 0 unspecified atom stereocenters. The van der Waals surface area contributed by atoms with E-state index in [2.05, 4.69) is 0 Å². The second-order valence-electron chi connectivity index (χ2n) is 3.27. The molecule has 0 radical (unpaired) electrons. The predicted octanol–water partition coefficient (Wildman–Crippen LogP) is -1.21. The molecule has 0 aliphatic rings. The van der Waals surface area contributed by atoms with E-state index in [-0.39, 0.29) is 22.8 Å². The maximum atomic E-state index is 11.8. The molecule has 2 rings (SSSR count). The zero-order chi connectivity index (χ0) is 11.4. The summed E-state index contributed by atoms with van der Waals surface area (Å²) in [7, 11) is 0. The molecule has 0 fully saturated rings. The SMILES string of the molecule is N#Cc1cc[n+](CC(=O)c2cccs2)cc1.[Br-]. The lowest BCUT2D eigenvalue weighted by Gasteiger charge is -1.94. The number of carbonyl (C=O) groups excluding carboxylic acids is 1. The number of ketones is 1. The van der Waals surface area contributed by atoms with Crippen LogP contribution in [-0.2, 0) is 6.54 Å². The summed E-state index contributed by atoms with van der Waals surface area (Å²) in [6.45, 7) is 0.312. The maximum Gasteiger partial charge on any atom is 0.237 e. The lowest BCUT2D eigenvalue weighted by Crippen LogP contribution is -3.00. The summed E-state index contributed by atoms with van der Waals surface area (Å²) >= 11 is 1.44. The Morgan fingerprint density at radius 3 is 2.59 bits per heavy atom. The average molecular weight is 309 g/mol. The van der Waals surface area contributed by atoms with Crippen LogP contribution in [0.1, 0.15) is 15.2 Å². The van der Waals surface area contributed by atoms with Gasteiger partial charge in [0.05, 0.1) is 16.5 Å². The first-order valence-electron chi connectivity index (χ1n) is 4.75. The highest BCUT2D eigenvalue weighted by Crippen LogP contribution is 2.08. The molecule has 5 heteroatoms. The zero-order valence-electron chi connectivity index (χ0n) is 8.84. The monoisotopic (exact) mass is 308 g/mol. The molecule has 0 amide bonds. The van der Waals surface area contributed by atoms with Crippen LogP contribution in [0.25, 0.3) is 0 Å². The van der Waals surface area contributed by atoms with Crippen LogP contribution in [0, 0.1) is 11.3 Å². The Morgan fingerprint density at radius 1 is 1.35 bits per heavy atom. The molecule has 3 nitrogen and oxygen atoms in total. The number of carbonyl (C=O) groups is 1. The van der Waals surface area contributed by atoms with Gasteiger partial charge < -0.3 is 17.0 Å². The van der Waals surface area contributed by atoms with E-state index in [9.17, 15) is 4.79 Å². The molecule has 0 spiro atoms. The van der Waals surface area contributed by atoms with Crippen molar-refractivity contribution in [2.75, 3.05) is 0 Å². The van der Waals surface area contributed by atoms with Crippen LogP contribution in [0.15, 0.2) is 42.0 Å². The van der Waals surface area contributed by atoms with Crippen molar-refractivity contribution in [2.45, 2.75) is 6.54 Å². The van der Waals surface area contributed by atoms with Crippen LogP contribution in [0.5, 0.6) is 0 Å². The normalized spacial score (nSPS) is 9.12. The van der Waals surface area contributed by atoms with E-state index in [0.29, 0.717) is 12.1 Å². The van der Waals surface area contributed by atoms with Crippen molar-refractivity contribution in [3.63, 3.8) is 0 Å². The first-order chi connectivity index (χ1) is 7.79. The molecule has 86 valence electrons. The Balaban J connectivity index is 0.00000144. The zero-order valence-corrected chi connectivity index (χ0v) is 11.2. The number of nitrogens with zero attached hydrogens (tertiary/aromatic N) is 2. The molecule has 2 aromatic heterocycles. The van der Waals surface area contributed by atoms with E-state index in [0.717, 1.165) is 4.88 Å². The molecule has 0 atom stereocenters. The molecule has 0 bridgehead atoms. The summed E-state index contributed by atoms with van der Waals surface area (Å²) in [5.41, 5.74) is 0.597. The van der Waals surface area contributed by atoms with E-state index in [1.165, 1.54) is 11.3 Å². The van der Waals surface area contributed by atoms with Gasteiger partial charge in [-0.2, -0.15) is 9.83 Å². The molecule has 0 aliphatic heterocycles. The summed E-state index contributed by atoms with van der Waals surface area (Å²) in [6.07, 6.45) is 3.48. The summed E-state index contributed by atoms with van der Waals surface area (Å²) < 4.78 is 1.77. The highest BCUT2D eigenvalue weighted by atomic mass is 79.9. The van der Waals surface area contributed by atoms with Crippen molar-refractivity contribution >= 4 is 17.1 Å². The number of Topliss-reactive ketones (excluding diaryl/α,β-unsaturated/α-hetero) is 1. The number of rotatable bonds is 3. The van der Waals surface area contributed by atoms with E-state index < -0.39 is 0 Å². The average Bonchev–Trinajstić information content (AvgIpc) is 2.83. The highest BCUT2D eigenvalue weighted by molar-refractivity contribution is 7.12. The molecule has 0 N–H and O–H groups in total. The molecule has 0 aromatic carbocycles. The van der Waals surface area contributed by atoms with Gasteiger partial charge in [0.25, 0.3) is 0 Å². The lowest BCUT2D eigenvalue weighted by atomic mass is 10.3. The third kappa shape index (κ3) is 3.48. The Bertz CT molecular complexity index is 529. The molecule has 0 saturated heterocycles. The Hall–Kier alpha value is -1.51. The second kappa shape index (κ2) is 6.28. The van der Waals surface area contributed by atoms with Crippen LogP contribution in [0.2, 0.25) is 0 Å². The molecule has 0 aliphatic carbocycles. The maximum absolute atomic E-state index is 11.8. The van der Waals surface area contributed by atoms with Crippen molar-refractivity contribution in [1.82, 2.24) is 0 Å². The van der Waals surface area contributed by atoms with Gasteiger partial charge >= 0.3 is 0 Å². The quantitative estimate of drug-likeness (QED) is 0.528. The van der Waals surface area contributed by atoms with Crippen LogP contribution in [0.4, 0.5) is 0 Å². The van der Waals surface area contributed by atoms with Gasteiger partial charge in [-0.1, -0.05) is 6.07 Å². The summed E-state index contributed by atoms with van der Waals surface area (Å²) in [6, 6.07) is 9.11. The highest BCUT2D eigenvalue weighted by Gasteiger charge is 2.12. The van der Waals surface area contributed by atoms with Crippen LogP contribution in [-0.4, -0.2) is 5.78 Å². The minimum atomic E-state index is 0. The number of nitriles is 1. The van der Waals surface area contributed by atoms with Crippen LogP contribution >= 0.6 is 11.3 Å². The topological polar surface area (TPSA) is 44.7 Å². The predicted molar refractivity (Wildman–Crippen MR) is 60.0 cm³/mol. The van der Waals surface area contributed by atoms with E-state index >= 15 is 0 Å². The van der Waals surface area contributed by atoms with E-state index in [1.54, 1.807) is 29.1 Å². The first-order valence-corrected chi connectivity index (χ1v) is 5.63. The molecule has 0 saturated carbocycles. The number of hydrogen-bond acceptors (Lipinski definition) is 3. The molecular weight excluding hydrogens is 300 g/mol. The number of halogens is 1. The van der Waals surface area contributed by atoms with Crippen molar-refractivity contribution in [1.29, 1.82) is 5.26 Å². The molecule has 17 heavy (non-hydrogen) atoms. The minimum absolute atomic E-state index is 0. The minimum Gasteiger partial charge on any atom is -1.00 e. The standard InChI is InChI=1S/C12H9N2OS.BrH/c13-8-10-3-5-14(6-4-10)9-11(15)12-2-1-7-16-12;/h1-7H,9H2;1H/q+1;/p-1. The molecule has 2 heterocycles. The third-order valence-corrected chi connectivity index (χ3v) is 3.05. The summed E-state index contributed by atoms with van der Waals surface area (Å²) in [5, 5.41) is 10.5. The van der Waals surface area contributed by atoms with E-state index in [1.807, 2.05) is 23.6 Å². The summed E-state index contributed by atoms with van der Waals surface area (Å²) in [5.74, 6) is 0.0877. The molecular formula is C12H9BrN2OS. The van der Waals surface area contributed by atoms with Gasteiger partial charge in [0.2, 0.25) is 12.3 Å². The number of aromatic nitrogens is 1. The van der Waals surface area contributed by atoms with Crippen molar-refractivity contribution < 1.29 is 26.3 Å². The Morgan fingerprint density at radius 2 is 2.06 bits per heavy atom. The first kappa shape index (κ1) is 13.6. The van der Waals surface area contributed by atoms with Crippen molar-refractivity contribution in [3.05, 3.63) is 52.5 Å². The van der Waals surface area contributed by atoms with Gasteiger partial charge in [-0.25, -0.2) is 0 Å². The largest absolute Gasteiger partial charge is 1.00 e. The third-order valence-electron chi connectivity index (χ3n) is 2.14. The van der Waals surface area contributed by atoms with Gasteiger partial charge in [-0.05, 0) is 11.4 Å². The smallest absolute Gasteiger partial charge is 0.237 e. The fourth-order valence-corrected chi connectivity index (χ4v) is 1.98. The van der Waals surface area contributed by atoms with Gasteiger partial charge in [0.1, 0.15) is 0 Å². The number of thiophene rings is 1.